The lowest BCUT2D eigenvalue weighted by atomic mass is 10.1. The number of nitrogens with two attached hydrogens (primary N) is 1. The van der Waals surface area contributed by atoms with Crippen LogP contribution in [0, 0.1) is 0 Å². The standard InChI is InChI=1S/C13H20ClNO2/c1-10(15)8-11-4-5-13(12(14)9-11)17-7-3-6-16-2/h4-5,9-10H,3,6-8,15H2,1-2H3. The van der Waals surface area contributed by atoms with Crippen LogP contribution >= 0.6 is 11.6 Å². The Morgan fingerprint density at radius 3 is 2.71 bits per heavy atom. The largest absolute Gasteiger partial charge is 0.492 e. The van der Waals surface area contributed by atoms with E-state index in [1.54, 1.807) is 7.11 Å². The first-order valence-corrected chi connectivity index (χ1v) is 6.17. The second-order valence-corrected chi connectivity index (χ2v) is 4.55. The number of rotatable bonds is 7. The van der Waals surface area contributed by atoms with E-state index < -0.39 is 0 Å². The zero-order chi connectivity index (χ0) is 12.7. The predicted molar refractivity (Wildman–Crippen MR) is 70.8 cm³/mol. The fraction of sp³-hybridized carbons (Fsp3) is 0.538. The van der Waals surface area contributed by atoms with Crippen molar-refractivity contribution in [3.63, 3.8) is 0 Å². The Hall–Kier alpha value is -0.770. The summed E-state index contributed by atoms with van der Waals surface area (Å²) in [4.78, 5) is 0. The van der Waals surface area contributed by atoms with Gasteiger partial charge in [-0.3, -0.25) is 0 Å². The van der Waals surface area contributed by atoms with Gasteiger partial charge in [0.2, 0.25) is 0 Å². The smallest absolute Gasteiger partial charge is 0.137 e. The topological polar surface area (TPSA) is 44.5 Å². The van der Waals surface area contributed by atoms with Crippen molar-refractivity contribution in [2.24, 2.45) is 5.73 Å². The molecule has 0 bridgehead atoms. The van der Waals surface area contributed by atoms with Gasteiger partial charge < -0.3 is 15.2 Å². The van der Waals surface area contributed by atoms with Crippen LogP contribution in [0.15, 0.2) is 18.2 Å². The molecule has 1 aromatic carbocycles. The average molecular weight is 258 g/mol. The van der Waals surface area contributed by atoms with E-state index >= 15 is 0 Å². The van der Waals surface area contributed by atoms with Crippen LogP contribution in [-0.2, 0) is 11.2 Å². The third kappa shape index (κ3) is 5.39. The first-order chi connectivity index (χ1) is 8.13. The molecule has 1 rings (SSSR count). The van der Waals surface area contributed by atoms with E-state index in [0.29, 0.717) is 18.2 Å². The molecule has 0 spiro atoms. The van der Waals surface area contributed by atoms with Gasteiger partial charge in [-0.1, -0.05) is 17.7 Å². The van der Waals surface area contributed by atoms with Crippen molar-refractivity contribution in [1.29, 1.82) is 0 Å². The zero-order valence-corrected chi connectivity index (χ0v) is 11.2. The molecule has 0 saturated carbocycles. The highest BCUT2D eigenvalue weighted by Gasteiger charge is 2.04. The molecule has 0 heterocycles. The number of methoxy groups -OCH3 is 1. The van der Waals surface area contributed by atoms with Crippen LogP contribution in [0.4, 0.5) is 0 Å². The molecule has 17 heavy (non-hydrogen) atoms. The molecule has 1 unspecified atom stereocenters. The first kappa shape index (κ1) is 14.3. The Morgan fingerprint density at radius 2 is 2.12 bits per heavy atom. The molecule has 0 aliphatic rings. The molecule has 0 radical (unpaired) electrons. The number of hydrogen-bond donors (Lipinski definition) is 1. The summed E-state index contributed by atoms with van der Waals surface area (Å²) in [5.74, 6) is 0.719. The van der Waals surface area contributed by atoms with Crippen LogP contribution in [-0.4, -0.2) is 26.4 Å². The molecule has 0 fully saturated rings. The van der Waals surface area contributed by atoms with Crippen LogP contribution in [0.2, 0.25) is 5.02 Å². The van der Waals surface area contributed by atoms with Crippen LogP contribution in [0.25, 0.3) is 0 Å². The van der Waals surface area contributed by atoms with Crippen molar-refractivity contribution in [2.75, 3.05) is 20.3 Å². The molecular formula is C13H20ClNO2. The number of benzene rings is 1. The van der Waals surface area contributed by atoms with Gasteiger partial charge in [0.15, 0.2) is 0 Å². The average Bonchev–Trinajstić information content (AvgIpc) is 2.26. The van der Waals surface area contributed by atoms with Crippen LogP contribution in [0.3, 0.4) is 0 Å². The van der Waals surface area contributed by atoms with Crippen molar-refractivity contribution < 1.29 is 9.47 Å². The summed E-state index contributed by atoms with van der Waals surface area (Å²) in [5.41, 5.74) is 6.87. The maximum absolute atomic E-state index is 6.13. The second kappa shape index (κ2) is 7.54. The summed E-state index contributed by atoms with van der Waals surface area (Å²) in [5, 5.41) is 0.639. The molecule has 0 aliphatic heterocycles. The van der Waals surface area contributed by atoms with Gasteiger partial charge in [-0.15, -0.1) is 0 Å². The molecular weight excluding hydrogens is 238 g/mol. The van der Waals surface area contributed by atoms with Gasteiger partial charge >= 0.3 is 0 Å². The van der Waals surface area contributed by atoms with Gasteiger partial charge in [0.25, 0.3) is 0 Å². The van der Waals surface area contributed by atoms with E-state index in [1.165, 1.54) is 0 Å². The molecule has 0 aromatic heterocycles. The van der Waals surface area contributed by atoms with Crippen molar-refractivity contribution in [1.82, 2.24) is 0 Å². The van der Waals surface area contributed by atoms with Gasteiger partial charge in [-0.25, -0.2) is 0 Å². The van der Waals surface area contributed by atoms with Crippen LogP contribution in [0.5, 0.6) is 5.75 Å². The Labute approximate surface area is 108 Å². The molecule has 96 valence electrons. The molecule has 0 saturated heterocycles. The zero-order valence-electron chi connectivity index (χ0n) is 10.4. The Bertz CT molecular complexity index is 342. The fourth-order valence-corrected chi connectivity index (χ4v) is 1.80. The van der Waals surface area contributed by atoms with E-state index in [0.717, 1.165) is 24.2 Å². The van der Waals surface area contributed by atoms with Crippen molar-refractivity contribution in [2.45, 2.75) is 25.8 Å². The minimum absolute atomic E-state index is 0.138. The summed E-state index contributed by atoms with van der Waals surface area (Å²) < 4.78 is 10.5. The minimum atomic E-state index is 0.138. The Morgan fingerprint density at radius 1 is 1.35 bits per heavy atom. The summed E-state index contributed by atoms with van der Waals surface area (Å²) in [6.07, 6.45) is 1.68. The number of hydrogen-bond acceptors (Lipinski definition) is 3. The van der Waals surface area contributed by atoms with E-state index in [-0.39, 0.29) is 6.04 Å². The fourth-order valence-electron chi connectivity index (χ4n) is 1.55. The summed E-state index contributed by atoms with van der Waals surface area (Å²) in [7, 11) is 1.68. The summed E-state index contributed by atoms with van der Waals surface area (Å²) in [6, 6.07) is 5.95. The van der Waals surface area contributed by atoms with E-state index in [9.17, 15) is 0 Å². The van der Waals surface area contributed by atoms with Gasteiger partial charge in [0.1, 0.15) is 5.75 Å². The molecule has 0 amide bonds. The maximum atomic E-state index is 6.13. The molecule has 1 atom stereocenters. The van der Waals surface area contributed by atoms with Crippen molar-refractivity contribution in [3.05, 3.63) is 28.8 Å². The van der Waals surface area contributed by atoms with E-state index in [1.807, 2.05) is 25.1 Å². The monoisotopic (exact) mass is 257 g/mol. The molecule has 0 aliphatic carbocycles. The highest BCUT2D eigenvalue weighted by Crippen LogP contribution is 2.26. The molecule has 3 nitrogen and oxygen atoms in total. The lowest BCUT2D eigenvalue weighted by molar-refractivity contribution is 0.172. The SMILES string of the molecule is COCCCOc1ccc(CC(C)N)cc1Cl. The number of ether oxygens (including phenoxy) is 2. The summed E-state index contributed by atoms with van der Waals surface area (Å²) in [6.45, 7) is 3.28. The van der Waals surface area contributed by atoms with Gasteiger partial charge in [-0.05, 0) is 31.0 Å². The van der Waals surface area contributed by atoms with E-state index in [2.05, 4.69) is 0 Å². The van der Waals surface area contributed by atoms with Crippen molar-refractivity contribution in [3.8, 4) is 5.75 Å². The molecule has 1 aromatic rings. The maximum Gasteiger partial charge on any atom is 0.137 e. The minimum Gasteiger partial charge on any atom is -0.492 e. The Kier molecular flexibility index (Phi) is 6.34. The second-order valence-electron chi connectivity index (χ2n) is 4.14. The molecule has 2 N–H and O–H groups in total. The highest BCUT2D eigenvalue weighted by atomic mass is 35.5. The molecule has 4 heteroatoms. The predicted octanol–water partition coefficient (Wildman–Crippen LogP) is 2.65. The van der Waals surface area contributed by atoms with Gasteiger partial charge in [0.05, 0.1) is 11.6 Å². The quantitative estimate of drug-likeness (QED) is 0.764. The lowest BCUT2D eigenvalue weighted by Gasteiger charge is -2.10. The normalized spacial score (nSPS) is 12.5. The van der Waals surface area contributed by atoms with E-state index in [4.69, 9.17) is 26.8 Å². The van der Waals surface area contributed by atoms with Gasteiger partial charge in [0, 0.05) is 26.2 Å². The highest BCUT2D eigenvalue weighted by molar-refractivity contribution is 6.32. The lowest BCUT2D eigenvalue weighted by Crippen LogP contribution is -2.17. The third-order valence-electron chi connectivity index (χ3n) is 2.30. The first-order valence-electron chi connectivity index (χ1n) is 5.79. The van der Waals surface area contributed by atoms with Crippen LogP contribution < -0.4 is 10.5 Å². The van der Waals surface area contributed by atoms with Crippen LogP contribution in [0.1, 0.15) is 18.9 Å². The summed E-state index contributed by atoms with van der Waals surface area (Å²) >= 11 is 6.13. The Balaban J connectivity index is 2.51. The van der Waals surface area contributed by atoms with Crippen molar-refractivity contribution >= 4 is 11.6 Å². The van der Waals surface area contributed by atoms with Gasteiger partial charge in [-0.2, -0.15) is 0 Å². The third-order valence-corrected chi connectivity index (χ3v) is 2.60. The number of halogens is 1.